The molecule has 0 radical (unpaired) electrons. The fourth-order valence-electron chi connectivity index (χ4n) is 6.92. The first-order valence-corrected chi connectivity index (χ1v) is 19.7. The summed E-state index contributed by atoms with van der Waals surface area (Å²) in [7, 11) is 0. The number of nitrogens with zero attached hydrogens (tertiary/aromatic N) is 2. The van der Waals surface area contributed by atoms with Gasteiger partial charge in [-0.25, -0.2) is 9.79 Å². The van der Waals surface area contributed by atoms with Crippen LogP contribution in [0.4, 0.5) is 5.69 Å². The third-order valence-corrected chi connectivity index (χ3v) is 10.7. The maximum absolute atomic E-state index is 13.3. The molecule has 0 bridgehead atoms. The smallest absolute Gasteiger partial charge is 0.352 e. The molecule has 0 aliphatic carbocycles. The number of amides is 1. The van der Waals surface area contributed by atoms with Gasteiger partial charge in [0.25, 0.3) is 5.91 Å². The number of thioether (sulfide) groups is 1. The van der Waals surface area contributed by atoms with Gasteiger partial charge in [0.2, 0.25) is 0 Å². The number of hydrogen-bond acceptors (Lipinski definition) is 11. The van der Waals surface area contributed by atoms with E-state index in [4.69, 9.17) is 33.1 Å². The van der Waals surface area contributed by atoms with E-state index in [0.717, 1.165) is 28.2 Å². The molecule has 2 fully saturated rings. The van der Waals surface area contributed by atoms with Crippen LogP contribution in [0, 0.1) is 0 Å². The number of carbonyl (C=O) groups excluding carboxylic acids is 2. The minimum Gasteiger partial charge on any atom is -0.462 e. The maximum Gasteiger partial charge on any atom is 0.352 e. The average molecular weight is 764 g/mol. The molecule has 1 amide bonds. The Kier molecular flexibility index (Phi) is 11.4. The Morgan fingerprint density at radius 3 is 1.93 bits per heavy atom. The van der Waals surface area contributed by atoms with Crippen molar-refractivity contribution >= 4 is 46.0 Å². The molecule has 278 valence electrons. The lowest BCUT2D eigenvalue weighted by Gasteiger charge is -2.37. The molecule has 12 heteroatoms. The minimum absolute atomic E-state index is 0.118. The summed E-state index contributed by atoms with van der Waals surface area (Å²) in [4.78, 5) is 31.4. The van der Waals surface area contributed by atoms with Crippen molar-refractivity contribution in [2.75, 3.05) is 19.5 Å². The fourth-order valence-corrected chi connectivity index (χ4v) is 8.05. The topological polar surface area (TPSA) is 118 Å². The lowest BCUT2D eigenvalue weighted by molar-refractivity contribution is -0.196. The summed E-state index contributed by atoms with van der Waals surface area (Å²) in [6.07, 6.45) is -0.781. The van der Waals surface area contributed by atoms with E-state index in [9.17, 15) is 9.59 Å². The van der Waals surface area contributed by atoms with Gasteiger partial charge >= 0.3 is 5.97 Å². The summed E-state index contributed by atoms with van der Waals surface area (Å²) in [5.41, 5.74) is 2.95. The van der Waals surface area contributed by atoms with Crippen molar-refractivity contribution in [2.24, 2.45) is 4.99 Å². The van der Waals surface area contributed by atoms with Gasteiger partial charge in [0.15, 0.2) is 15.8 Å². The number of aromatic nitrogens is 1. The van der Waals surface area contributed by atoms with Crippen LogP contribution in [0.1, 0.15) is 69.3 Å². The third-order valence-electron chi connectivity index (χ3n) is 9.24. The molecule has 1 N–H and O–H groups in total. The van der Waals surface area contributed by atoms with E-state index < -0.39 is 41.8 Å². The van der Waals surface area contributed by atoms with Gasteiger partial charge in [0.1, 0.15) is 41.4 Å². The number of aliphatic imine (C=N–C) groups is 1. The predicted octanol–water partition coefficient (Wildman–Crippen LogP) is 8.07. The molecule has 2 aliphatic rings. The Labute approximate surface area is 323 Å². The molecule has 10 nitrogen and oxygen atoms in total. The Balaban J connectivity index is 1.26. The van der Waals surface area contributed by atoms with Gasteiger partial charge in [-0.1, -0.05) is 121 Å². The quantitative estimate of drug-likeness (QED) is 0.0617. The zero-order valence-corrected chi connectivity index (χ0v) is 32.0. The van der Waals surface area contributed by atoms with Crippen LogP contribution in [-0.2, 0) is 29.3 Å². The average Bonchev–Trinajstić information content (AvgIpc) is 3.86. The van der Waals surface area contributed by atoms with Crippen molar-refractivity contribution in [2.45, 2.75) is 56.6 Å². The molecular formula is C42H41N3O7S2. The molecule has 54 heavy (non-hydrogen) atoms. The largest absolute Gasteiger partial charge is 0.462 e. The van der Waals surface area contributed by atoms with Crippen LogP contribution in [-0.4, -0.2) is 65.0 Å². The molecule has 0 spiro atoms. The molecule has 7 rings (SSSR count). The number of esters is 1. The number of ether oxygens (including phenoxy) is 5. The first-order valence-electron chi connectivity index (χ1n) is 17.7. The van der Waals surface area contributed by atoms with Crippen molar-refractivity contribution < 1.29 is 33.3 Å². The van der Waals surface area contributed by atoms with Crippen molar-refractivity contribution in [1.82, 2.24) is 9.69 Å². The van der Waals surface area contributed by atoms with Gasteiger partial charge in [-0.05, 0) is 67.4 Å². The number of fused-ring (bicyclic) bond motifs is 1. The lowest BCUT2D eigenvalue weighted by atomic mass is 9.80. The highest BCUT2D eigenvalue weighted by atomic mass is 32.2. The first-order chi connectivity index (χ1) is 26.2. The molecule has 4 aromatic carbocycles. The minimum atomic E-state index is -0.993. The SMILES string of the molecule is CCOC(=O)c1snc([C@H]2O[C@H](COC(c3ccccc3)(c3ccccc3)c3ccccc3)[C@H]3OC(C)(C)O[C@H]32)c1N=C(NC(=O)c1ccccc1)SC. The third kappa shape index (κ3) is 7.63. The number of nitrogens with one attached hydrogen (secondary N) is 1. The van der Waals surface area contributed by atoms with Crippen LogP contribution in [0.5, 0.6) is 0 Å². The van der Waals surface area contributed by atoms with E-state index in [2.05, 4.69) is 41.7 Å². The molecule has 0 unspecified atom stereocenters. The zero-order valence-electron chi connectivity index (χ0n) is 30.3. The second-order valence-electron chi connectivity index (χ2n) is 13.2. The van der Waals surface area contributed by atoms with Crippen molar-refractivity contribution in [3.05, 3.63) is 154 Å². The van der Waals surface area contributed by atoms with E-state index in [0.29, 0.717) is 11.3 Å². The van der Waals surface area contributed by atoms with E-state index in [1.807, 2.05) is 74.5 Å². The Morgan fingerprint density at radius 2 is 1.39 bits per heavy atom. The Morgan fingerprint density at radius 1 is 0.852 bits per heavy atom. The lowest BCUT2D eigenvalue weighted by Crippen LogP contribution is -2.39. The predicted molar refractivity (Wildman–Crippen MR) is 209 cm³/mol. The Hall–Kier alpha value is -4.69. The Bertz CT molecular complexity index is 1980. The molecule has 2 aliphatic heterocycles. The molecule has 3 heterocycles. The van der Waals surface area contributed by atoms with E-state index >= 15 is 0 Å². The monoisotopic (exact) mass is 763 g/mol. The summed E-state index contributed by atoms with van der Waals surface area (Å²) < 4.78 is 37.2. The molecule has 0 saturated carbocycles. The van der Waals surface area contributed by atoms with Crippen LogP contribution in [0.15, 0.2) is 126 Å². The van der Waals surface area contributed by atoms with Crippen molar-refractivity contribution in [3.63, 3.8) is 0 Å². The first kappa shape index (κ1) is 37.6. The summed E-state index contributed by atoms with van der Waals surface area (Å²) in [6.45, 7) is 5.73. The number of amidine groups is 1. The maximum atomic E-state index is 13.3. The standard InChI is InChI=1S/C42H41N3O7S2/c1-5-48-39(47)37-33(43-40(53-4)44-38(46)27-18-10-6-11-19-27)32(45-54-37)35-36-34(51-41(2,3)52-36)31(50-35)26-49-42(28-20-12-7-13-21-28,29-22-14-8-15-23-29)30-24-16-9-17-25-30/h6-25,31,34-36H,5,26H2,1-4H3,(H,43,44,46)/t31-,34-,35-,36-/m1/s1. The van der Waals surface area contributed by atoms with Crippen LogP contribution in [0.3, 0.4) is 0 Å². The van der Waals surface area contributed by atoms with E-state index in [-0.39, 0.29) is 34.9 Å². The van der Waals surface area contributed by atoms with E-state index in [1.165, 1.54) is 11.8 Å². The molecule has 4 atom stereocenters. The van der Waals surface area contributed by atoms with Gasteiger partial charge in [-0.2, -0.15) is 4.37 Å². The highest BCUT2D eigenvalue weighted by molar-refractivity contribution is 8.13. The van der Waals surface area contributed by atoms with Gasteiger partial charge in [-0.3, -0.25) is 4.79 Å². The summed E-state index contributed by atoms with van der Waals surface area (Å²) in [5.74, 6) is -1.86. The van der Waals surface area contributed by atoms with Gasteiger partial charge < -0.3 is 29.0 Å². The van der Waals surface area contributed by atoms with Crippen LogP contribution < -0.4 is 5.32 Å². The second kappa shape index (κ2) is 16.4. The number of hydrogen-bond donors (Lipinski definition) is 1. The van der Waals surface area contributed by atoms with E-state index in [1.54, 1.807) is 37.4 Å². The fraction of sp³-hybridized carbons (Fsp3) is 0.286. The van der Waals surface area contributed by atoms with Crippen LogP contribution in [0.25, 0.3) is 0 Å². The van der Waals surface area contributed by atoms with Gasteiger partial charge in [0, 0.05) is 5.56 Å². The molecule has 1 aromatic heterocycles. The summed E-state index contributed by atoms with van der Waals surface area (Å²) >= 11 is 2.19. The summed E-state index contributed by atoms with van der Waals surface area (Å²) in [6, 6.07) is 39.2. The second-order valence-corrected chi connectivity index (χ2v) is 14.7. The van der Waals surface area contributed by atoms with Crippen LogP contribution >= 0.6 is 23.3 Å². The van der Waals surface area contributed by atoms with Crippen molar-refractivity contribution in [3.8, 4) is 0 Å². The van der Waals surface area contributed by atoms with Crippen molar-refractivity contribution in [1.29, 1.82) is 0 Å². The van der Waals surface area contributed by atoms with Gasteiger partial charge in [0.05, 0.1) is 13.2 Å². The summed E-state index contributed by atoms with van der Waals surface area (Å²) in [5, 5.41) is 3.14. The highest BCUT2D eigenvalue weighted by Gasteiger charge is 2.57. The molecule has 5 aromatic rings. The normalized spacial score (nSPS) is 20.7. The highest BCUT2D eigenvalue weighted by Crippen LogP contribution is 2.49. The number of carbonyl (C=O) groups is 2. The number of benzene rings is 4. The van der Waals surface area contributed by atoms with Crippen LogP contribution in [0.2, 0.25) is 0 Å². The number of rotatable bonds is 11. The molecular weight excluding hydrogens is 723 g/mol. The molecule has 2 saturated heterocycles. The van der Waals surface area contributed by atoms with Gasteiger partial charge in [-0.15, -0.1) is 0 Å². The zero-order chi connectivity index (χ0) is 37.7.